The summed E-state index contributed by atoms with van der Waals surface area (Å²) in [5.74, 6) is -1.66. The Morgan fingerprint density at radius 2 is 2.18 bits per heavy atom. The molecule has 0 spiro atoms. The molecule has 0 aliphatic carbocycles. The fraction of sp³-hybridized carbons (Fsp3) is 0. The highest BCUT2D eigenvalue weighted by Crippen LogP contribution is 2.15. The van der Waals surface area contributed by atoms with E-state index in [0.29, 0.717) is 5.69 Å². The van der Waals surface area contributed by atoms with Crippen molar-refractivity contribution in [1.82, 2.24) is 9.97 Å². The van der Waals surface area contributed by atoms with Gasteiger partial charge in [0.05, 0.1) is 17.4 Å². The molecule has 17 heavy (non-hydrogen) atoms. The van der Waals surface area contributed by atoms with Gasteiger partial charge in [-0.25, -0.2) is 9.78 Å². The first-order valence-electron chi connectivity index (χ1n) is 4.80. The van der Waals surface area contributed by atoms with Gasteiger partial charge in [0.2, 0.25) is 5.91 Å². The molecular weight excluding hydrogens is 222 g/mol. The fourth-order valence-corrected chi connectivity index (χ4v) is 1.34. The number of carbonyl (C=O) groups is 2. The molecule has 0 saturated carbocycles. The number of rotatable bonds is 3. The number of aromatic amines is 1. The van der Waals surface area contributed by atoms with Crippen molar-refractivity contribution in [3.8, 4) is 0 Å². The van der Waals surface area contributed by atoms with E-state index in [-0.39, 0.29) is 0 Å². The molecule has 0 fully saturated rings. The summed E-state index contributed by atoms with van der Waals surface area (Å²) < 4.78 is 0. The molecule has 1 amide bonds. The molecule has 0 radical (unpaired) electrons. The predicted molar refractivity (Wildman–Crippen MR) is 61.5 cm³/mol. The number of hydrogen-bond donors (Lipinski definition) is 3. The van der Waals surface area contributed by atoms with Crippen molar-refractivity contribution in [2.75, 3.05) is 5.32 Å². The molecule has 6 heteroatoms. The number of amides is 1. The van der Waals surface area contributed by atoms with E-state index in [0.717, 1.165) is 23.2 Å². The lowest BCUT2D eigenvalue weighted by Crippen LogP contribution is -2.08. The smallest absolute Gasteiger partial charge is 0.328 e. The zero-order valence-electron chi connectivity index (χ0n) is 8.68. The van der Waals surface area contributed by atoms with Crippen LogP contribution in [0.2, 0.25) is 0 Å². The number of hydrogen-bond acceptors (Lipinski definition) is 3. The lowest BCUT2D eigenvalue weighted by Gasteiger charge is -2.01. The normalized spacial score (nSPS) is 10.8. The van der Waals surface area contributed by atoms with E-state index in [9.17, 15) is 9.59 Å². The Balaban J connectivity index is 2.12. The SMILES string of the molecule is O=C(O)C=CC(=O)Nc1ccc2nc[nH]c2c1. The van der Waals surface area contributed by atoms with Crippen LogP contribution in [0, 0.1) is 0 Å². The Bertz CT molecular complexity index is 601. The van der Waals surface area contributed by atoms with E-state index in [1.165, 1.54) is 0 Å². The summed E-state index contributed by atoms with van der Waals surface area (Å²) in [5.41, 5.74) is 2.16. The number of nitrogens with zero attached hydrogens (tertiary/aromatic N) is 1. The first kappa shape index (κ1) is 10.9. The second kappa shape index (κ2) is 4.48. The number of carbonyl (C=O) groups excluding carboxylic acids is 1. The molecule has 3 N–H and O–H groups in total. The molecular formula is C11H9N3O3. The maximum Gasteiger partial charge on any atom is 0.328 e. The Morgan fingerprint density at radius 3 is 2.94 bits per heavy atom. The third-order valence-corrected chi connectivity index (χ3v) is 2.07. The molecule has 2 rings (SSSR count). The number of benzene rings is 1. The molecule has 6 nitrogen and oxygen atoms in total. The third kappa shape index (κ3) is 2.69. The van der Waals surface area contributed by atoms with Gasteiger partial charge in [0.15, 0.2) is 0 Å². The number of aliphatic carboxylic acids is 1. The number of imidazole rings is 1. The summed E-state index contributed by atoms with van der Waals surface area (Å²) in [7, 11) is 0. The number of aromatic nitrogens is 2. The second-order valence-corrected chi connectivity index (χ2v) is 3.30. The first-order valence-corrected chi connectivity index (χ1v) is 4.80. The first-order chi connectivity index (χ1) is 8.15. The topological polar surface area (TPSA) is 95.1 Å². The third-order valence-electron chi connectivity index (χ3n) is 2.07. The van der Waals surface area contributed by atoms with Crippen LogP contribution in [0.5, 0.6) is 0 Å². The van der Waals surface area contributed by atoms with E-state index in [4.69, 9.17) is 5.11 Å². The van der Waals surface area contributed by atoms with Crippen LogP contribution >= 0.6 is 0 Å². The highest BCUT2D eigenvalue weighted by Gasteiger charge is 2.01. The van der Waals surface area contributed by atoms with Crippen molar-refractivity contribution in [1.29, 1.82) is 0 Å². The number of fused-ring (bicyclic) bond motifs is 1. The molecule has 0 aliphatic rings. The monoisotopic (exact) mass is 231 g/mol. The van der Waals surface area contributed by atoms with Gasteiger partial charge in [0.25, 0.3) is 0 Å². The number of nitrogens with one attached hydrogen (secondary N) is 2. The number of carboxylic acids is 1. The standard InChI is InChI=1S/C11H9N3O3/c15-10(3-4-11(16)17)14-7-1-2-8-9(5-7)13-6-12-8/h1-6H,(H,12,13)(H,14,15)(H,16,17). The number of carboxylic acid groups (broad SMARTS) is 1. The lowest BCUT2D eigenvalue weighted by atomic mass is 10.2. The largest absolute Gasteiger partial charge is 0.478 e. The van der Waals surface area contributed by atoms with Crippen molar-refractivity contribution in [3.63, 3.8) is 0 Å². The minimum atomic E-state index is -1.16. The van der Waals surface area contributed by atoms with Gasteiger partial charge in [-0.2, -0.15) is 0 Å². The van der Waals surface area contributed by atoms with Crippen molar-refractivity contribution < 1.29 is 14.7 Å². The van der Waals surface area contributed by atoms with E-state index >= 15 is 0 Å². The van der Waals surface area contributed by atoms with Gasteiger partial charge in [-0.15, -0.1) is 0 Å². The molecule has 0 aliphatic heterocycles. The predicted octanol–water partition coefficient (Wildman–Crippen LogP) is 1.14. The molecule has 0 unspecified atom stereocenters. The molecule has 86 valence electrons. The molecule has 0 bridgehead atoms. The molecule has 1 heterocycles. The molecule has 1 aromatic carbocycles. The van der Waals surface area contributed by atoms with Crippen LogP contribution in [0.15, 0.2) is 36.7 Å². The Morgan fingerprint density at radius 1 is 1.35 bits per heavy atom. The maximum absolute atomic E-state index is 11.3. The molecule has 1 aromatic heterocycles. The lowest BCUT2D eigenvalue weighted by molar-refractivity contribution is -0.131. The summed E-state index contributed by atoms with van der Waals surface area (Å²) in [4.78, 5) is 28.5. The van der Waals surface area contributed by atoms with Crippen LogP contribution < -0.4 is 5.32 Å². The van der Waals surface area contributed by atoms with Crippen LogP contribution in [-0.2, 0) is 9.59 Å². The van der Waals surface area contributed by atoms with Crippen molar-refractivity contribution >= 4 is 28.6 Å². The zero-order valence-corrected chi connectivity index (χ0v) is 8.68. The average Bonchev–Trinajstić information content (AvgIpc) is 2.73. The van der Waals surface area contributed by atoms with Crippen LogP contribution in [0.4, 0.5) is 5.69 Å². The average molecular weight is 231 g/mol. The Labute approximate surface area is 96.0 Å². The van der Waals surface area contributed by atoms with Crippen molar-refractivity contribution in [2.45, 2.75) is 0 Å². The van der Waals surface area contributed by atoms with Crippen molar-refractivity contribution in [2.24, 2.45) is 0 Å². The summed E-state index contributed by atoms with van der Waals surface area (Å²) in [5, 5.41) is 10.9. The molecule has 2 aromatic rings. The van der Waals surface area contributed by atoms with Gasteiger partial charge in [-0.3, -0.25) is 4.79 Å². The van der Waals surface area contributed by atoms with Gasteiger partial charge in [0, 0.05) is 17.8 Å². The quantitative estimate of drug-likeness (QED) is 0.690. The fourth-order valence-electron chi connectivity index (χ4n) is 1.34. The minimum absolute atomic E-state index is 0.494. The van der Waals surface area contributed by atoms with Gasteiger partial charge in [-0.05, 0) is 18.2 Å². The highest BCUT2D eigenvalue weighted by atomic mass is 16.4. The van der Waals surface area contributed by atoms with Crippen LogP contribution in [0.1, 0.15) is 0 Å². The van der Waals surface area contributed by atoms with E-state index < -0.39 is 11.9 Å². The number of H-pyrrole nitrogens is 1. The van der Waals surface area contributed by atoms with E-state index in [1.807, 2.05) is 0 Å². The van der Waals surface area contributed by atoms with Crippen LogP contribution in [0.3, 0.4) is 0 Å². The van der Waals surface area contributed by atoms with E-state index in [2.05, 4.69) is 15.3 Å². The summed E-state index contributed by atoms with van der Waals surface area (Å²) in [6, 6.07) is 5.16. The van der Waals surface area contributed by atoms with Crippen molar-refractivity contribution in [3.05, 3.63) is 36.7 Å². The Hall–Kier alpha value is -2.63. The molecule has 0 saturated heterocycles. The summed E-state index contributed by atoms with van der Waals surface area (Å²) in [6.45, 7) is 0. The van der Waals surface area contributed by atoms with Gasteiger partial charge in [0.1, 0.15) is 0 Å². The Kier molecular flexibility index (Phi) is 2.87. The zero-order chi connectivity index (χ0) is 12.3. The second-order valence-electron chi connectivity index (χ2n) is 3.30. The van der Waals surface area contributed by atoms with Gasteiger partial charge in [-0.1, -0.05) is 0 Å². The highest BCUT2D eigenvalue weighted by molar-refractivity contribution is 6.03. The van der Waals surface area contributed by atoms with Gasteiger partial charge >= 0.3 is 5.97 Å². The van der Waals surface area contributed by atoms with Crippen LogP contribution in [0.25, 0.3) is 11.0 Å². The summed E-state index contributed by atoms with van der Waals surface area (Å²) in [6.07, 6.45) is 3.30. The summed E-state index contributed by atoms with van der Waals surface area (Å²) >= 11 is 0. The maximum atomic E-state index is 11.3. The van der Waals surface area contributed by atoms with Crippen LogP contribution in [-0.4, -0.2) is 27.0 Å². The minimum Gasteiger partial charge on any atom is -0.478 e. The van der Waals surface area contributed by atoms with E-state index in [1.54, 1.807) is 24.5 Å². The number of anilines is 1. The van der Waals surface area contributed by atoms with Gasteiger partial charge < -0.3 is 15.4 Å². The molecule has 0 atom stereocenters.